The van der Waals surface area contributed by atoms with Gasteiger partial charge in [-0.15, -0.1) is 0 Å². The van der Waals surface area contributed by atoms with Crippen LogP contribution in [0.15, 0.2) is 83.5 Å². The van der Waals surface area contributed by atoms with Gasteiger partial charge in [0.25, 0.3) is 5.69 Å². The van der Waals surface area contributed by atoms with Crippen molar-refractivity contribution in [2.75, 3.05) is 11.9 Å². The van der Waals surface area contributed by atoms with E-state index in [1.807, 2.05) is 6.07 Å². The van der Waals surface area contributed by atoms with E-state index >= 15 is 0 Å². The molecule has 0 spiro atoms. The molecule has 0 aliphatic carbocycles. The predicted octanol–water partition coefficient (Wildman–Crippen LogP) is 3.21. The van der Waals surface area contributed by atoms with Crippen LogP contribution in [0.25, 0.3) is 11.4 Å². The fraction of sp³-hybridized carbons (Fsp3) is 0.0417. The first-order chi connectivity index (χ1) is 16.0. The van der Waals surface area contributed by atoms with Crippen LogP contribution in [0.4, 0.5) is 15.8 Å². The van der Waals surface area contributed by atoms with Crippen LogP contribution >= 0.6 is 11.6 Å². The highest BCUT2D eigenvalue weighted by molar-refractivity contribution is 6.30. The molecule has 33 heavy (non-hydrogen) atoms. The van der Waals surface area contributed by atoms with Gasteiger partial charge < -0.3 is 16.0 Å². The van der Waals surface area contributed by atoms with E-state index in [9.17, 15) is 14.5 Å². The Balaban J connectivity index is 1.60. The summed E-state index contributed by atoms with van der Waals surface area (Å²) in [6.45, 7) is 0.423. The van der Waals surface area contributed by atoms with E-state index in [1.54, 1.807) is 48.7 Å². The second-order valence-electron chi connectivity index (χ2n) is 7.46. The number of nitrogens with one attached hydrogen (secondary N) is 3. The number of fused-ring (bicyclic) bond motifs is 2. The van der Waals surface area contributed by atoms with Crippen molar-refractivity contribution in [2.24, 2.45) is 4.99 Å². The molecule has 2 aliphatic heterocycles. The zero-order valence-electron chi connectivity index (χ0n) is 17.1. The number of aliphatic imine (C=N–C) groups is 1. The Morgan fingerprint density at radius 2 is 1.82 bits per heavy atom. The van der Waals surface area contributed by atoms with Crippen molar-refractivity contribution in [3.8, 4) is 0 Å². The van der Waals surface area contributed by atoms with Gasteiger partial charge in [0.15, 0.2) is 0 Å². The monoisotopic (exact) mass is 461 g/mol. The zero-order valence-corrected chi connectivity index (χ0v) is 17.9. The largest absolute Gasteiger partial charge is 0.380 e. The number of nitro groups is 1. The van der Waals surface area contributed by atoms with Crippen LogP contribution in [0.1, 0.15) is 5.56 Å². The number of nitro benzene ring substituents is 1. The van der Waals surface area contributed by atoms with Crippen molar-refractivity contribution >= 4 is 40.3 Å². The summed E-state index contributed by atoms with van der Waals surface area (Å²) in [5.74, 6) is 0.123. The van der Waals surface area contributed by atoms with Gasteiger partial charge in [0.05, 0.1) is 16.3 Å². The lowest BCUT2D eigenvalue weighted by Crippen LogP contribution is -2.39. The highest BCUT2D eigenvalue weighted by Gasteiger charge is 2.20. The minimum absolute atomic E-state index is 0.00695. The lowest BCUT2D eigenvalue weighted by molar-refractivity contribution is -0.384. The highest BCUT2D eigenvalue weighted by atomic mass is 35.5. The summed E-state index contributed by atoms with van der Waals surface area (Å²) < 4.78 is 14.6. The molecule has 9 heteroatoms. The van der Waals surface area contributed by atoms with Gasteiger partial charge in [-0.3, -0.25) is 10.1 Å². The summed E-state index contributed by atoms with van der Waals surface area (Å²) in [5, 5.41) is 22.8. The topological polar surface area (TPSA) is 91.6 Å². The number of halogens is 2. The van der Waals surface area contributed by atoms with E-state index in [0.29, 0.717) is 34.5 Å². The van der Waals surface area contributed by atoms with Crippen LogP contribution in [0.2, 0.25) is 5.02 Å². The van der Waals surface area contributed by atoms with Crippen molar-refractivity contribution in [1.29, 1.82) is 0 Å². The fourth-order valence-electron chi connectivity index (χ4n) is 3.80. The Morgan fingerprint density at radius 1 is 1.03 bits per heavy atom. The second kappa shape index (κ2) is 8.40. The van der Waals surface area contributed by atoms with Gasteiger partial charge in [-0.2, -0.15) is 0 Å². The molecule has 0 unspecified atom stereocenters. The molecule has 3 aromatic carbocycles. The quantitative estimate of drug-likeness (QED) is 0.411. The third kappa shape index (κ3) is 4.04. The van der Waals surface area contributed by atoms with Crippen LogP contribution in [-0.2, 0) is 0 Å². The minimum Gasteiger partial charge on any atom is -0.380 e. The second-order valence-corrected chi connectivity index (χ2v) is 7.90. The van der Waals surface area contributed by atoms with Crippen LogP contribution in [0.3, 0.4) is 0 Å². The van der Waals surface area contributed by atoms with E-state index in [0.717, 1.165) is 21.7 Å². The standard InChI is InChI=1S/C24H17ClFN5O2/c25-15-5-10-18-20(11-15)23(19-3-1-2-4-21(19)26)27-12-14-13-28-24(30-22(14)18)29-16-6-8-17(9-7-16)31(32)33/h1-11,13,27H,12H2,(H2,28,29,30). The Kier molecular flexibility index (Phi) is 5.27. The molecule has 0 saturated carbocycles. The normalized spacial score (nSPS) is 14.6. The molecule has 5 rings (SSSR count). The number of anilines is 1. The number of guanidine groups is 1. The number of nitrogens with zero attached hydrogens (tertiary/aromatic N) is 2. The summed E-state index contributed by atoms with van der Waals surface area (Å²) in [4.78, 5) is 14.9. The van der Waals surface area contributed by atoms with Gasteiger partial charge in [0.2, 0.25) is 5.96 Å². The van der Waals surface area contributed by atoms with Gasteiger partial charge in [0, 0.05) is 57.2 Å². The SMILES string of the molecule is O=[N+]([O-])c1ccc(NC2=NC=C3CNC(c4ccccc4F)=c4cc(Cl)ccc4=C3N2)cc1. The van der Waals surface area contributed by atoms with E-state index in [2.05, 4.69) is 20.9 Å². The van der Waals surface area contributed by atoms with Crippen LogP contribution in [0.5, 0.6) is 0 Å². The first-order valence-electron chi connectivity index (χ1n) is 10.1. The maximum Gasteiger partial charge on any atom is 0.269 e. The van der Waals surface area contributed by atoms with Gasteiger partial charge >= 0.3 is 0 Å². The molecule has 0 amide bonds. The van der Waals surface area contributed by atoms with E-state index in [1.165, 1.54) is 18.2 Å². The smallest absolute Gasteiger partial charge is 0.269 e. The summed E-state index contributed by atoms with van der Waals surface area (Å²) in [7, 11) is 0. The molecule has 0 saturated heterocycles. The Hall–Kier alpha value is -4.17. The number of hydrogen-bond donors (Lipinski definition) is 3. The van der Waals surface area contributed by atoms with Crippen LogP contribution < -0.4 is 26.4 Å². The number of non-ortho nitro benzene ring substituents is 1. The number of hydrogen-bond acceptors (Lipinski definition) is 6. The maximum atomic E-state index is 14.6. The summed E-state index contributed by atoms with van der Waals surface area (Å²) in [6.07, 6.45) is 1.73. The van der Waals surface area contributed by atoms with Crippen molar-refractivity contribution in [2.45, 2.75) is 0 Å². The zero-order chi connectivity index (χ0) is 22.9. The van der Waals surface area contributed by atoms with Crippen molar-refractivity contribution in [3.05, 3.63) is 115 Å². The van der Waals surface area contributed by atoms with Gasteiger partial charge in [-0.1, -0.05) is 29.8 Å². The Morgan fingerprint density at radius 3 is 2.58 bits per heavy atom. The van der Waals surface area contributed by atoms with E-state index in [4.69, 9.17) is 11.6 Å². The molecule has 2 heterocycles. The molecule has 7 nitrogen and oxygen atoms in total. The molecule has 3 N–H and O–H groups in total. The molecule has 0 aromatic heterocycles. The molecule has 0 radical (unpaired) electrons. The third-order valence-corrected chi connectivity index (χ3v) is 5.61. The molecule has 0 atom stereocenters. The van der Waals surface area contributed by atoms with Gasteiger partial charge in [-0.25, -0.2) is 9.38 Å². The summed E-state index contributed by atoms with van der Waals surface area (Å²) >= 11 is 6.31. The minimum atomic E-state index is -0.449. The molecule has 0 bridgehead atoms. The van der Waals surface area contributed by atoms with E-state index in [-0.39, 0.29) is 11.5 Å². The Bertz CT molecular complexity index is 1460. The molecule has 164 valence electrons. The summed E-state index contributed by atoms with van der Waals surface area (Å²) in [5.41, 5.74) is 3.43. The molecular weight excluding hydrogens is 445 g/mol. The van der Waals surface area contributed by atoms with E-state index < -0.39 is 4.92 Å². The van der Waals surface area contributed by atoms with Crippen LogP contribution in [-0.4, -0.2) is 17.4 Å². The average Bonchev–Trinajstić information content (AvgIpc) is 2.96. The first-order valence-corrected chi connectivity index (χ1v) is 10.5. The lowest BCUT2D eigenvalue weighted by atomic mass is 10.1. The number of benzene rings is 3. The van der Waals surface area contributed by atoms with Crippen molar-refractivity contribution < 1.29 is 9.31 Å². The van der Waals surface area contributed by atoms with Gasteiger partial charge in [0.1, 0.15) is 5.82 Å². The highest BCUT2D eigenvalue weighted by Crippen LogP contribution is 2.20. The van der Waals surface area contributed by atoms with Crippen molar-refractivity contribution in [1.82, 2.24) is 10.6 Å². The van der Waals surface area contributed by atoms with Crippen LogP contribution in [0, 0.1) is 15.9 Å². The maximum absolute atomic E-state index is 14.6. The molecule has 2 aliphatic rings. The van der Waals surface area contributed by atoms with Crippen molar-refractivity contribution in [3.63, 3.8) is 0 Å². The third-order valence-electron chi connectivity index (χ3n) is 5.37. The fourth-order valence-corrected chi connectivity index (χ4v) is 3.98. The Labute approximate surface area is 192 Å². The molecule has 3 aromatic rings. The first kappa shape index (κ1) is 20.7. The average molecular weight is 462 g/mol. The predicted molar refractivity (Wildman–Crippen MR) is 126 cm³/mol. The van der Waals surface area contributed by atoms with Gasteiger partial charge in [-0.05, 0) is 36.4 Å². The molecular formula is C24H17ClFN5O2. The lowest BCUT2D eigenvalue weighted by Gasteiger charge is -2.20. The summed E-state index contributed by atoms with van der Waals surface area (Å²) in [6, 6.07) is 18.1. The number of rotatable bonds is 3. The molecule has 0 fully saturated rings.